The maximum absolute atomic E-state index is 10.5. The number of amides is 1. The lowest BCUT2D eigenvalue weighted by atomic mass is 9.95. The molecule has 0 spiro atoms. The summed E-state index contributed by atoms with van der Waals surface area (Å²) in [7, 11) is 0. The summed E-state index contributed by atoms with van der Waals surface area (Å²) in [6.07, 6.45) is 0.564. The molecule has 0 aromatic rings. The zero-order valence-corrected chi connectivity index (χ0v) is 7.92. The number of nitrogens with zero attached hydrogens (tertiary/aromatic N) is 1. The van der Waals surface area contributed by atoms with Gasteiger partial charge in [-0.05, 0) is 11.8 Å². The van der Waals surface area contributed by atoms with Gasteiger partial charge in [-0.2, -0.15) is 0 Å². The van der Waals surface area contributed by atoms with E-state index in [4.69, 9.17) is 5.73 Å². The van der Waals surface area contributed by atoms with Crippen molar-refractivity contribution in [3.63, 3.8) is 0 Å². The fraction of sp³-hybridized carbons (Fsp3) is 0.889. The fourth-order valence-electron chi connectivity index (χ4n) is 1.76. The van der Waals surface area contributed by atoms with Gasteiger partial charge in [-0.3, -0.25) is 4.79 Å². The molecule has 0 saturated carbocycles. The Balaban J connectivity index is 2.08. The van der Waals surface area contributed by atoms with Crippen LogP contribution < -0.4 is 5.73 Å². The van der Waals surface area contributed by atoms with E-state index in [-0.39, 0.29) is 5.91 Å². The Labute approximate surface area is 73.9 Å². The summed E-state index contributed by atoms with van der Waals surface area (Å²) in [4.78, 5) is 12.9. The van der Waals surface area contributed by atoms with E-state index < -0.39 is 0 Å². The van der Waals surface area contributed by atoms with E-state index >= 15 is 0 Å². The molecule has 0 aliphatic carbocycles. The molecule has 3 nitrogen and oxygen atoms in total. The van der Waals surface area contributed by atoms with Gasteiger partial charge in [0.1, 0.15) is 0 Å². The molecule has 1 rings (SSSR count). The predicted molar refractivity (Wildman–Crippen MR) is 48.6 cm³/mol. The number of nitrogens with two attached hydrogens (primary N) is 1. The molecule has 1 aliphatic heterocycles. The van der Waals surface area contributed by atoms with E-state index in [1.54, 1.807) is 0 Å². The van der Waals surface area contributed by atoms with Gasteiger partial charge in [0.05, 0.1) is 0 Å². The zero-order valence-electron chi connectivity index (χ0n) is 7.92. The zero-order chi connectivity index (χ0) is 9.14. The van der Waals surface area contributed by atoms with Crippen molar-refractivity contribution in [1.82, 2.24) is 4.90 Å². The Morgan fingerprint density at radius 3 is 2.58 bits per heavy atom. The SMILES string of the molecule is CC(C)CN1CC(CC(N)=O)C1. The Bertz CT molecular complexity index is 162. The highest BCUT2D eigenvalue weighted by Crippen LogP contribution is 2.19. The number of likely N-dealkylation sites (tertiary alicyclic amines) is 1. The average Bonchev–Trinajstić information content (AvgIpc) is 1.80. The highest BCUT2D eigenvalue weighted by atomic mass is 16.1. The lowest BCUT2D eigenvalue weighted by Gasteiger charge is -2.39. The Morgan fingerprint density at radius 2 is 2.17 bits per heavy atom. The molecule has 1 fully saturated rings. The number of carbonyl (C=O) groups excluding carboxylic acids is 1. The summed E-state index contributed by atoms with van der Waals surface area (Å²) >= 11 is 0. The molecule has 1 amide bonds. The van der Waals surface area contributed by atoms with Gasteiger partial charge in [0.15, 0.2) is 0 Å². The highest BCUT2D eigenvalue weighted by molar-refractivity contribution is 5.74. The van der Waals surface area contributed by atoms with Gasteiger partial charge >= 0.3 is 0 Å². The monoisotopic (exact) mass is 170 g/mol. The van der Waals surface area contributed by atoms with Crippen LogP contribution in [0.5, 0.6) is 0 Å². The minimum Gasteiger partial charge on any atom is -0.370 e. The summed E-state index contributed by atoms with van der Waals surface area (Å²) in [6, 6.07) is 0. The van der Waals surface area contributed by atoms with Crippen molar-refractivity contribution in [2.75, 3.05) is 19.6 Å². The second-order valence-corrected chi connectivity index (χ2v) is 4.15. The summed E-state index contributed by atoms with van der Waals surface area (Å²) in [6.45, 7) is 7.68. The standard InChI is InChI=1S/C9H18N2O/c1-7(2)4-11-5-8(6-11)3-9(10)12/h7-8H,3-6H2,1-2H3,(H2,10,12). The van der Waals surface area contributed by atoms with Gasteiger partial charge in [0, 0.05) is 26.1 Å². The predicted octanol–water partition coefficient (Wildman–Crippen LogP) is 0.450. The molecule has 1 saturated heterocycles. The van der Waals surface area contributed by atoms with Gasteiger partial charge < -0.3 is 10.6 Å². The molecule has 0 aromatic carbocycles. The second kappa shape index (κ2) is 3.90. The van der Waals surface area contributed by atoms with Crippen LogP contribution >= 0.6 is 0 Å². The molecule has 70 valence electrons. The van der Waals surface area contributed by atoms with E-state index in [9.17, 15) is 4.79 Å². The van der Waals surface area contributed by atoms with Crippen molar-refractivity contribution in [2.45, 2.75) is 20.3 Å². The van der Waals surface area contributed by atoms with Gasteiger partial charge in [0.25, 0.3) is 0 Å². The number of carbonyl (C=O) groups is 1. The van der Waals surface area contributed by atoms with Crippen LogP contribution in [0, 0.1) is 11.8 Å². The van der Waals surface area contributed by atoms with Crippen LogP contribution in [0.25, 0.3) is 0 Å². The smallest absolute Gasteiger partial charge is 0.217 e. The first-order valence-electron chi connectivity index (χ1n) is 4.58. The van der Waals surface area contributed by atoms with Gasteiger partial charge in [-0.25, -0.2) is 0 Å². The summed E-state index contributed by atoms with van der Waals surface area (Å²) in [5.74, 6) is 1.09. The molecule has 2 N–H and O–H groups in total. The minimum absolute atomic E-state index is 0.163. The summed E-state index contributed by atoms with van der Waals surface area (Å²) in [5, 5.41) is 0. The van der Waals surface area contributed by atoms with Gasteiger partial charge in [-0.1, -0.05) is 13.8 Å². The maximum atomic E-state index is 10.5. The van der Waals surface area contributed by atoms with Crippen LogP contribution in [0.1, 0.15) is 20.3 Å². The van der Waals surface area contributed by atoms with Crippen molar-refractivity contribution in [2.24, 2.45) is 17.6 Å². The Kier molecular flexibility index (Phi) is 3.09. The molecule has 1 heterocycles. The molecule has 0 atom stereocenters. The molecule has 0 bridgehead atoms. The Hall–Kier alpha value is -0.570. The van der Waals surface area contributed by atoms with Crippen molar-refractivity contribution < 1.29 is 4.79 Å². The fourth-order valence-corrected chi connectivity index (χ4v) is 1.76. The minimum atomic E-state index is -0.163. The van der Waals surface area contributed by atoms with E-state index in [0.717, 1.165) is 25.6 Å². The first kappa shape index (κ1) is 9.52. The van der Waals surface area contributed by atoms with Crippen molar-refractivity contribution in [1.29, 1.82) is 0 Å². The van der Waals surface area contributed by atoms with E-state index in [1.165, 1.54) is 0 Å². The van der Waals surface area contributed by atoms with Crippen LogP contribution in [-0.2, 0) is 4.79 Å². The first-order chi connectivity index (χ1) is 5.58. The molecule has 1 aliphatic rings. The molecule has 0 unspecified atom stereocenters. The van der Waals surface area contributed by atoms with Crippen LogP contribution in [0.3, 0.4) is 0 Å². The van der Waals surface area contributed by atoms with E-state index in [2.05, 4.69) is 18.7 Å². The van der Waals surface area contributed by atoms with E-state index in [1.807, 2.05) is 0 Å². The molecule has 3 heteroatoms. The number of hydrogen-bond donors (Lipinski definition) is 1. The van der Waals surface area contributed by atoms with Gasteiger partial charge in [-0.15, -0.1) is 0 Å². The van der Waals surface area contributed by atoms with Crippen molar-refractivity contribution in [3.8, 4) is 0 Å². The molecular weight excluding hydrogens is 152 g/mol. The molecular formula is C9H18N2O. The normalized spacial score (nSPS) is 19.6. The molecule has 12 heavy (non-hydrogen) atoms. The third kappa shape index (κ3) is 2.81. The Morgan fingerprint density at radius 1 is 1.58 bits per heavy atom. The average molecular weight is 170 g/mol. The quantitative estimate of drug-likeness (QED) is 0.666. The van der Waals surface area contributed by atoms with Crippen LogP contribution in [0.15, 0.2) is 0 Å². The maximum Gasteiger partial charge on any atom is 0.217 e. The topological polar surface area (TPSA) is 46.3 Å². The number of rotatable bonds is 4. The first-order valence-corrected chi connectivity index (χ1v) is 4.58. The number of primary amides is 1. The second-order valence-electron chi connectivity index (χ2n) is 4.15. The van der Waals surface area contributed by atoms with Crippen LogP contribution in [0.4, 0.5) is 0 Å². The lowest BCUT2D eigenvalue weighted by molar-refractivity contribution is -0.120. The van der Waals surface area contributed by atoms with Gasteiger partial charge in [0.2, 0.25) is 5.91 Å². The third-order valence-corrected chi connectivity index (χ3v) is 2.15. The lowest BCUT2D eigenvalue weighted by Crippen LogP contribution is -2.49. The van der Waals surface area contributed by atoms with Crippen molar-refractivity contribution >= 4 is 5.91 Å². The molecule has 0 aromatic heterocycles. The number of hydrogen-bond acceptors (Lipinski definition) is 2. The highest BCUT2D eigenvalue weighted by Gasteiger charge is 2.27. The molecule has 0 radical (unpaired) electrons. The third-order valence-electron chi connectivity index (χ3n) is 2.15. The largest absolute Gasteiger partial charge is 0.370 e. The van der Waals surface area contributed by atoms with Crippen LogP contribution in [-0.4, -0.2) is 30.4 Å². The summed E-state index contributed by atoms with van der Waals surface area (Å²) in [5.41, 5.74) is 5.09. The van der Waals surface area contributed by atoms with E-state index in [0.29, 0.717) is 12.3 Å². The van der Waals surface area contributed by atoms with Crippen molar-refractivity contribution in [3.05, 3.63) is 0 Å². The van der Waals surface area contributed by atoms with Crippen LogP contribution in [0.2, 0.25) is 0 Å². The summed E-state index contributed by atoms with van der Waals surface area (Å²) < 4.78 is 0.